The summed E-state index contributed by atoms with van der Waals surface area (Å²) in [6.45, 7) is 5.82. The van der Waals surface area contributed by atoms with Crippen molar-refractivity contribution in [2.45, 2.75) is 52.5 Å². The summed E-state index contributed by atoms with van der Waals surface area (Å²) in [4.78, 5) is 32.9. The van der Waals surface area contributed by atoms with Gasteiger partial charge in [0.15, 0.2) is 0 Å². The number of esters is 1. The van der Waals surface area contributed by atoms with Gasteiger partial charge < -0.3 is 9.64 Å². The molecule has 1 aliphatic rings. The minimum Gasteiger partial charge on any atom is -0.466 e. The van der Waals surface area contributed by atoms with E-state index in [9.17, 15) is 14.9 Å². The van der Waals surface area contributed by atoms with Crippen LogP contribution in [-0.4, -0.2) is 40.1 Å². The maximum Gasteiger partial charge on any atom is 0.329 e. The topological polar surface area (TPSA) is 98.5 Å². The highest BCUT2D eigenvalue weighted by Crippen LogP contribution is 2.35. The first-order valence-corrected chi connectivity index (χ1v) is 8.75. The summed E-state index contributed by atoms with van der Waals surface area (Å²) in [7, 11) is 0. The van der Waals surface area contributed by atoms with E-state index in [0.29, 0.717) is 0 Å². The molecule has 0 unspecified atom stereocenters. The summed E-state index contributed by atoms with van der Waals surface area (Å²) in [5.74, 6) is -0.185. The minimum absolute atomic E-state index is 0.0578. The maximum absolute atomic E-state index is 12.3. The first kappa shape index (κ1) is 19.4. The van der Waals surface area contributed by atoms with E-state index in [1.165, 1.54) is 0 Å². The summed E-state index contributed by atoms with van der Waals surface area (Å²) >= 11 is 5.89. The van der Waals surface area contributed by atoms with Crippen molar-refractivity contribution < 1.29 is 14.5 Å². The number of hydrogen-bond donors (Lipinski definition) is 0. The van der Waals surface area contributed by atoms with E-state index in [1.807, 2.05) is 4.90 Å². The highest BCUT2D eigenvalue weighted by Gasteiger charge is 2.38. The molecule has 0 aliphatic heterocycles. The largest absolute Gasteiger partial charge is 0.466 e. The van der Waals surface area contributed by atoms with E-state index in [2.05, 4.69) is 9.97 Å². The molecular weight excluding hydrogens is 348 g/mol. The van der Waals surface area contributed by atoms with Gasteiger partial charge >= 0.3 is 11.7 Å². The van der Waals surface area contributed by atoms with Crippen LogP contribution in [0.25, 0.3) is 0 Å². The van der Waals surface area contributed by atoms with Crippen LogP contribution in [0.1, 0.15) is 46.5 Å². The van der Waals surface area contributed by atoms with Crippen LogP contribution in [0.3, 0.4) is 0 Å². The third kappa shape index (κ3) is 4.56. The van der Waals surface area contributed by atoms with Gasteiger partial charge in [-0.1, -0.05) is 12.8 Å². The van der Waals surface area contributed by atoms with Crippen molar-refractivity contribution in [1.82, 2.24) is 9.97 Å². The molecule has 0 amide bonds. The summed E-state index contributed by atoms with van der Waals surface area (Å²) in [5, 5.41) is 11.4. The standard InChI is InChI=1S/C16H23ClN4O4/c1-4-25-14(22)16(2,3)10-20(11-7-5-6-8-11)13-12(21(23)24)9-18-15(17)19-13/h9,11H,4-8,10H2,1-3H3. The number of rotatable bonds is 7. The second-order valence-electron chi connectivity index (χ2n) is 6.78. The lowest BCUT2D eigenvalue weighted by molar-refractivity contribution is -0.384. The highest BCUT2D eigenvalue weighted by atomic mass is 35.5. The molecule has 8 nitrogen and oxygen atoms in total. The Bertz CT molecular complexity index is 647. The van der Waals surface area contributed by atoms with Gasteiger partial charge in [0, 0.05) is 12.6 Å². The normalized spacial score (nSPS) is 15.2. The Hall–Kier alpha value is -1.96. The van der Waals surface area contributed by atoms with Crippen LogP contribution in [-0.2, 0) is 9.53 Å². The van der Waals surface area contributed by atoms with Crippen molar-refractivity contribution in [1.29, 1.82) is 0 Å². The lowest BCUT2D eigenvalue weighted by Crippen LogP contribution is -2.45. The number of aromatic nitrogens is 2. The molecule has 25 heavy (non-hydrogen) atoms. The summed E-state index contributed by atoms with van der Waals surface area (Å²) in [5.41, 5.74) is -1.06. The van der Waals surface area contributed by atoms with Crippen LogP contribution in [0.2, 0.25) is 5.28 Å². The molecule has 0 saturated heterocycles. The van der Waals surface area contributed by atoms with Crippen LogP contribution >= 0.6 is 11.6 Å². The number of ether oxygens (including phenoxy) is 1. The molecule has 0 N–H and O–H groups in total. The first-order chi connectivity index (χ1) is 11.8. The van der Waals surface area contributed by atoms with Crippen molar-refractivity contribution in [3.05, 3.63) is 21.6 Å². The van der Waals surface area contributed by atoms with Crippen LogP contribution in [0.4, 0.5) is 11.5 Å². The summed E-state index contributed by atoms with van der Waals surface area (Å²) < 4.78 is 5.15. The predicted octanol–water partition coefficient (Wildman–Crippen LogP) is 3.38. The van der Waals surface area contributed by atoms with Crippen LogP contribution < -0.4 is 4.90 Å². The predicted molar refractivity (Wildman–Crippen MR) is 93.7 cm³/mol. The Morgan fingerprint density at radius 2 is 2.12 bits per heavy atom. The molecule has 1 heterocycles. The van der Waals surface area contributed by atoms with Gasteiger partial charge in [-0.2, -0.15) is 4.98 Å². The van der Waals surface area contributed by atoms with Gasteiger partial charge in [0.05, 0.1) is 16.9 Å². The Labute approximate surface area is 151 Å². The van der Waals surface area contributed by atoms with Crippen molar-refractivity contribution in [3.63, 3.8) is 0 Å². The number of halogens is 1. The lowest BCUT2D eigenvalue weighted by atomic mass is 9.92. The van der Waals surface area contributed by atoms with E-state index < -0.39 is 10.3 Å². The van der Waals surface area contributed by atoms with Crippen LogP contribution in [0, 0.1) is 15.5 Å². The van der Waals surface area contributed by atoms with Crippen molar-refractivity contribution in [2.75, 3.05) is 18.1 Å². The van der Waals surface area contributed by atoms with E-state index in [0.717, 1.165) is 31.9 Å². The monoisotopic (exact) mass is 370 g/mol. The molecule has 0 spiro atoms. The molecule has 1 aromatic heterocycles. The molecule has 1 aliphatic carbocycles. The van der Waals surface area contributed by atoms with Gasteiger partial charge in [-0.25, -0.2) is 4.98 Å². The smallest absolute Gasteiger partial charge is 0.329 e. The first-order valence-electron chi connectivity index (χ1n) is 8.37. The SMILES string of the molecule is CCOC(=O)C(C)(C)CN(c1nc(Cl)ncc1[N+](=O)[O-])C1CCCC1. The zero-order chi connectivity index (χ0) is 18.6. The molecule has 0 bridgehead atoms. The lowest BCUT2D eigenvalue weighted by Gasteiger charge is -2.35. The molecule has 0 aromatic carbocycles. The number of anilines is 1. The van der Waals surface area contributed by atoms with Crippen molar-refractivity contribution in [3.8, 4) is 0 Å². The second kappa shape index (κ2) is 7.95. The fourth-order valence-electron chi connectivity index (χ4n) is 3.10. The second-order valence-corrected chi connectivity index (χ2v) is 7.11. The Kier molecular flexibility index (Phi) is 6.16. The van der Waals surface area contributed by atoms with Gasteiger partial charge in [0.2, 0.25) is 11.1 Å². The van der Waals surface area contributed by atoms with Crippen molar-refractivity contribution in [2.24, 2.45) is 5.41 Å². The average molecular weight is 371 g/mol. The van der Waals surface area contributed by atoms with E-state index in [1.54, 1.807) is 20.8 Å². The van der Waals surface area contributed by atoms with Gasteiger partial charge in [0.25, 0.3) is 0 Å². The van der Waals surface area contributed by atoms with Gasteiger partial charge in [0.1, 0.15) is 6.20 Å². The molecule has 2 rings (SSSR count). The maximum atomic E-state index is 12.3. The number of nitrogens with zero attached hydrogens (tertiary/aromatic N) is 4. The minimum atomic E-state index is -0.843. The Morgan fingerprint density at radius 3 is 2.68 bits per heavy atom. The number of carbonyl (C=O) groups is 1. The van der Waals surface area contributed by atoms with E-state index in [-0.39, 0.29) is 42.0 Å². The van der Waals surface area contributed by atoms with Crippen LogP contribution in [0.15, 0.2) is 6.20 Å². The third-order valence-corrected chi connectivity index (χ3v) is 4.53. The fourth-order valence-corrected chi connectivity index (χ4v) is 3.22. The molecule has 1 aromatic rings. The zero-order valence-electron chi connectivity index (χ0n) is 14.7. The number of nitro groups is 1. The number of hydrogen-bond acceptors (Lipinski definition) is 7. The van der Waals surface area contributed by atoms with E-state index >= 15 is 0 Å². The quantitative estimate of drug-likeness (QED) is 0.314. The average Bonchev–Trinajstić information content (AvgIpc) is 3.06. The van der Waals surface area contributed by atoms with Crippen molar-refractivity contribution >= 4 is 29.1 Å². The fraction of sp³-hybridized carbons (Fsp3) is 0.688. The molecule has 1 saturated carbocycles. The molecule has 138 valence electrons. The molecule has 9 heteroatoms. The Balaban J connectivity index is 2.42. The highest BCUT2D eigenvalue weighted by molar-refractivity contribution is 6.28. The van der Waals surface area contributed by atoms with Gasteiger partial charge in [-0.05, 0) is 45.2 Å². The summed E-state index contributed by atoms with van der Waals surface area (Å²) in [6.07, 6.45) is 4.96. The van der Waals surface area contributed by atoms with Gasteiger partial charge in [-0.3, -0.25) is 14.9 Å². The summed E-state index contributed by atoms with van der Waals surface area (Å²) in [6, 6.07) is 0.0679. The van der Waals surface area contributed by atoms with Gasteiger partial charge in [-0.15, -0.1) is 0 Å². The molecule has 0 radical (unpaired) electrons. The third-order valence-electron chi connectivity index (χ3n) is 4.35. The zero-order valence-corrected chi connectivity index (χ0v) is 15.5. The molecular formula is C16H23ClN4O4. The van der Waals surface area contributed by atoms with E-state index in [4.69, 9.17) is 16.3 Å². The molecule has 1 fully saturated rings. The molecule has 0 atom stereocenters. The number of carbonyl (C=O) groups excluding carboxylic acids is 1. The Morgan fingerprint density at radius 1 is 1.48 bits per heavy atom. The van der Waals surface area contributed by atoms with Crippen LogP contribution in [0.5, 0.6) is 0 Å².